The molecule has 3 aromatic carbocycles. The smallest absolute Gasteiger partial charge is 0.293 e. The molecule has 342 valence electrons. The number of piperidine rings is 1. The lowest BCUT2D eigenvalue weighted by molar-refractivity contribution is -0.384. The Labute approximate surface area is 384 Å². The number of sulfonamides is 1. The number of halogens is 1. The average Bonchev–Trinajstić information content (AvgIpc) is 3.64. The van der Waals surface area contributed by atoms with Crippen molar-refractivity contribution in [1.29, 1.82) is 0 Å². The van der Waals surface area contributed by atoms with Gasteiger partial charge in [-0.2, -0.15) is 0 Å². The molecule has 0 radical (unpaired) electrons. The molecule has 2 amide bonds. The summed E-state index contributed by atoms with van der Waals surface area (Å²) in [4.78, 5) is 51.9. The van der Waals surface area contributed by atoms with Gasteiger partial charge in [-0.3, -0.25) is 24.6 Å². The predicted octanol–water partition coefficient (Wildman–Crippen LogP) is 8.71. The molecule has 1 atom stereocenters. The van der Waals surface area contributed by atoms with E-state index < -0.39 is 31.4 Å². The number of likely N-dealkylation sites (tertiary alicyclic amines) is 1. The van der Waals surface area contributed by atoms with Crippen molar-refractivity contribution in [3.05, 3.63) is 111 Å². The van der Waals surface area contributed by atoms with Crippen molar-refractivity contribution in [2.75, 3.05) is 56.0 Å². The number of nitrogens with one attached hydrogen (secondary N) is 3. The molecule has 4 heterocycles. The summed E-state index contributed by atoms with van der Waals surface area (Å²) in [5.74, 6) is -0.0277. The molecule has 5 aromatic rings. The van der Waals surface area contributed by atoms with Gasteiger partial charge >= 0.3 is 0 Å². The van der Waals surface area contributed by atoms with Crippen LogP contribution in [0.4, 0.5) is 17.1 Å². The fourth-order valence-electron chi connectivity index (χ4n) is 10.5. The molecule has 17 heteroatoms. The Morgan fingerprint density at radius 3 is 2.54 bits per heavy atom. The van der Waals surface area contributed by atoms with Crippen LogP contribution in [0.25, 0.3) is 11.0 Å². The van der Waals surface area contributed by atoms with Crippen LogP contribution in [0, 0.1) is 27.4 Å². The number of nitro groups is 1. The van der Waals surface area contributed by atoms with Gasteiger partial charge < -0.3 is 24.8 Å². The Morgan fingerprint density at radius 1 is 1.00 bits per heavy atom. The maximum Gasteiger partial charge on any atom is 0.293 e. The highest BCUT2D eigenvalue weighted by Crippen LogP contribution is 2.53. The summed E-state index contributed by atoms with van der Waals surface area (Å²) in [6, 6.07) is 18.8. The molecule has 0 unspecified atom stereocenters. The third-order valence-electron chi connectivity index (χ3n) is 14.0. The van der Waals surface area contributed by atoms with Gasteiger partial charge in [-0.15, -0.1) is 0 Å². The van der Waals surface area contributed by atoms with E-state index in [-0.39, 0.29) is 40.3 Å². The van der Waals surface area contributed by atoms with Gasteiger partial charge in [0.2, 0.25) is 5.91 Å². The van der Waals surface area contributed by atoms with Crippen molar-refractivity contribution in [2.24, 2.45) is 17.3 Å². The van der Waals surface area contributed by atoms with Gasteiger partial charge in [-0.05, 0) is 110 Å². The normalized spacial score (nSPS) is 19.1. The number of pyridine rings is 1. The lowest BCUT2D eigenvalue weighted by atomic mass is 9.57. The molecule has 2 aliphatic carbocycles. The number of rotatable bonds is 12. The fourth-order valence-corrected chi connectivity index (χ4v) is 11.7. The van der Waals surface area contributed by atoms with E-state index in [4.69, 9.17) is 16.3 Å². The number of amides is 2. The number of carbonyl (C=O) groups is 2. The van der Waals surface area contributed by atoms with Gasteiger partial charge in [0.25, 0.3) is 21.6 Å². The summed E-state index contributed by atoms with van der Waals surface area (Å²) in [5, 5.41) is 17.1. The molecule has 1 spiro atoms. The summed E-state index contributed by atoms with van der Waals surface area (Å²) in [6.45, 7) is 8.89. The Balaban J connectivity index is 0.887. The van der Waals surface area contributed by atoms with E-state index in [9.17, 15) is 28.1 Å². The van der Waals surface area contributed by atoms with Gasteiger partial charge in [0, 0.05) is 92.2 Å². The van der Waals surface area contributed by atoms with E-state index in [1.807, 2.05) is 36.9 Å². The number of aromatic nitrogens is 2. The maximum atomic E-state index is 14.0. The Bertz CT molecular complexity index is 2720. The van der Waals surface area contributed by atoms with Gasteiger partial charge in [-0.1, -0.05) is 44.0 Å². The van der Waals surface area contributed by atoms with E-state index in [1.54, 1.807) is 30.5 Å². The summed E-state index contributed by atoms with van der Waals surface area (Å²) in [5.41, 5.74) is 3.95. The minimum absolute atomic E-state index is 0.0226. The number of anilines is 2. The third kappa shape index (κ3) is 9.38. The zero-order valence-corrected chi connectivity index (χ0v) is 38.3. The lowest BCUT2D eigenvalue weighted by Crippen LogP contribution is -2.50. The van der Waals surface area contributed by atoms with Crippen LogP contribution in [-0.2, 0) is 21.2 Å². The first-order valence-electron chi connectivity index (χ1n) is 22.7. The SMILES string of the molecule is CC(C)C(=O)N1CCC2(CC1)CC(CNc1ccc(S(=O)(=O)NC(=O)c3ccc(N4CCN([C@@H]5CCCCc6c(Cl)cccc65)CC4)cc3Oc3cnc4[nH]ccc4c3)cc1[N+](=O)[O-])C2. The summed E-state index contributed by atoms with van der Waals surface area (Å²) >= 11 is 6.66. The van der Waals surface area contributed by atoms with Gasteiger partial charge in [0.15, 0.2) is 0 Å². The number of ether oxygens (including phenoxy) is 1. The molecule has 3 N–H and O–H groups in total. The van der Waals surface area contributed by atoms with E-state index in [2.05, 4.69) is 35.9 Å². The number of fused-ring (bicyclic) bond motifs is 2. The highest BCUT2D eigenvalue weighted by molar-refractivity contribution is 7.90. The predicted molar refractivity (Wildman–Crippen MR) is 250 cm³/mol. The summed E-state index contributed by atoms with van der Waals surface area (Å²) in [6.07, 6.45) is 11.4. The molecule has 3 fully saturated rings. The topological polar surface area (TPSA) is 183 Å². The Kier molecular flexibility index (Phi) is 12.5. The number of nitro benzene ring substituents is 1. The van der Waals surface area contributed by atoms with Gasteiger partial charge in [0.05, 0.1) is 21.6 Å². The molecule has 2 aliphatic heterocycles. The van der Waals surface area contributed by atoms with Crippen molar-refractivity contribution in [3.63, 3.8) is 0 Å². The number of H-pyrrole nitrogens is 1. The molecule has 9 rings (SSSR count). The largest absolute Gasteiger partial charge is 0.455 e. The number of hydrogen-bond donors (Lipinski definition) is 3. The highest BCUT2D eigenvalue weighted by atomic mass is 35.5. The molecule has 15 nitrogen and oxygen atoms in total. The highest BCUT2D eigenvalue weighted by Gasteiger charge is 2.46. The number of benzene rings is 3. The molecular formula is C48H55ClN8O7S. The second-order valence-electron chi connectivity index (χ2n) is 18.5. The standard InChI is InChI=1S/C48H55ClN8O7S/c1-31(2)47(59)56-18-15-48(16-19-56)27-32(28-48)29-51-41-13-11-36(26-43(41)57(60)61)65(62,63)53-46(58)39-12-10-34(25-44(39)64-35-24-33-14-17-50-45(33)52-30-35)54-20-22-55(23-21-54)42-9-4-3-6-37-38(42)7-5-8-40(37)49/h5,7-8,10-14,17,24-26,30-32,42,51H,3-4,6,9,15-16,18-23,27-29H2,1-2H3,(H,50,52)(H,53,58)/t42-/m1/s1. The molecule has 2 aromatic heterocycles. The third-order valence-corrected chi connectivity index (χ3v) is 15.6. The molecule has 4 aliphatic rings. The van der Waals surface area contributed by atoms with Crippen molar-refractivity contribution < 1.29 is 27.7 Å². The van der Waals surface area contributed by atoms with Gasteiger partial charge in [0.1, 0.15) is 22.8 Å². The first kappa shape index (κ1) is 44.5. The van der Waals surface area contributed by atoms with Crippen molar-refractivity contribution in [2.45, 2.75) is 76.2 Å². The van der Waals surface area contributed by atoms with Crippen molar-refractivity contribution in [1.82, 2.24) is 24.5 Å². The monoisotopic (exact) mass is 922 g/mol. The number of nitrogens with zero attached hydrogens (tertiary/aromatic N) is 5. The number of piperazine rings is 1. The number of aromatic amines is 1. The molecular weight excluding hydrogens is 868 g/mol. The van der Waals surface area contributed by atoms with Crippen molar-refractivity contribution >= 4 is 61.5 Å². The second kappa shape index (κ2) is 18.3. The summed E-state index contributed by atoms with van der Waals surface area (Å²) < 4.78 is 36.1. The zero-order chi connectivity index (χ0) is 45.5. The molecule has 1 saturated carbocycles. The van der Waals surface area contributed by atoms with Crippen LogP contribution in [0.5, 0.6) is 11.5 Å². The minimum atomic E-state index is -4.58. The summed E-state index contributed by atoms with van der Waals surface area (Å²) in [7, 11) is -4.58. The van der Waals surface area contributed by atoms with Crippen molar-refractivity contribution in [3.8, 4) is 11.5 Å². The Morgan fingerprint density at radius 2 is 1.78 bits per heavy atom. The van der Waals surface area contributed by atoms with Crippen LogP contribution in [0.3, 0.4) is 0 Å². The van der Waals surface area contributed by atoms with Gasteiger partial charge in [-0.25, -0.2) is 18.1 Å². The average molecular weight is 924 g/mol. The van der Waals surface area contributed by atoms with Crippen LogP contribution in [0.2, 0.25) is 5.02 Å². The minimum Gasteiger partial charge on any atom is -0.455 e. The van der Waals surface area contributed by atoms with Crippen LogP contribution < -0.4 is 19.7 Å². The second-order valence-corrected chi connectivity index (χ2v) is 20.6. The number of carbonyl (C=O) groups excluding carboxylic acids is 2. The molecule has 0 bridgehead atoms. The van der Waals surface area contributed by atoms with E-state index in [0.29, 0.717) is 36.9 Å². The van der Waals surface area contributed by atoms with E-state index >= 15 is 0 Å². The maximum absolute atomic E-state index is 14.0. The lowest BCUT2D eigenvalue weighted by Gasteiger charge is -2.52. The fraction of sp³-hybridized carbons (Fsp3) is 0.438. The van der Waals surface area contributed by atoms with Crippen LogP contribution >= 0.6 is 11.6 Å². The van der Waals surface area contributed by atoms with Crippen LogP contribution in [-0.4, -0.2) is 90.7 Å². The quantitative estimate of drug-likeness (QED) is 0.0618. The first-order chi connectivity index (χ1) is 31.3. The molecule has 65 heavy (non-hydrogen) atoms. The van der Waals surface area contributed by atoms with E-state index in [1.165, 1.54) is 29.5 Å². The van der Waals surface area contributed by atoms with Crippen LogP contribution in [0.15, 0.2) is 84.0 Å². The molecule has 2 saturated heterocycles. The first-order valence-corrected chi connectivity index (χ1v) is 24.5. The van der Waals surface area contributed by atoms with E-state index in [0.717, 1.165) is 99.7 Å². The zero-order valence-electron chi connectivity index (χ0n) is 36.7. The number of hydrogen-bond acceptors (Lipinski definition) is 11. The Hall–Kier alpha value is -5.71. The van der Waals surface area contributed by atoms with Crippen LogP contribution in [0.1, 0.15) is 86.3 Å².